The number of rotatable bonds is 4. The van der Waals surface area contributed by atoms with Crippen molar-refractivity contribution in [3.8, 4) is 0 Å². The van der Waals surface area contributed by atoms with E-state index in [1.165, 1.54) is 13.8 Å². The second-order valence-electron chi connectivity index (χ2n) is 16.8. The van der Waals surface area contributed by atoms with Crippen molar-refractivity contribution in [1.82, 2.24) is 0 Å². The Bertz CT molecular complexity index is 1470. The molecule has 0 aromatic heterocycles. The molecule has 0 radical (unpaired) electrons. The Balaban J connectivity index is 1.41. The first kappa shape index (κ1) is 33.1. The quantitative estimate of drug-likeness (QED) is 0.193. The third kappa shape index (κ3) is 3.82. The average Bonchev–Trinajstić information content (AvgIpc) is 3.63. The van der Waals surface area contributed by atoms with Gasteiger partial charge in [0.15, 0.2) is 11.4 Å². The number of carbonyl (C=O) groups is 4. The van der Waals surface area contributed by atoms with Crippen LogP contribution in [-0.4, -0.2) is 91.9 Å². The average molecular weight is 661 g/mol. The molecule has 7 aliphatic rings. The summed E-state index contributed by atoms with van der Waals surface area (Å²) in [5.74, 6) is -6.73. The van der Waals surface area contributed by atoms with Crippen LogP contribution in [0.4, 0.5) is 0 Å². The summed E-state index contributed by atoms with van der Waals surface area (Å²) in [6, 6.07) is 0. The maximum Gasteiger partial charge on any atom is 0.343 e. The molecule has 0 amide bonds. The molecule has 0 bridgehead atoms. The van der Waals surface area contributed by atoms with Crippen LogP contribution in [0, 0.1) is 57.7 Å². The fourth-order valence-electron chi connectivity index (χ4n) is 11.9. The predicted octanol–water partition coefficient (Wildman–Crippen LogP) is 1.44. The van der Waals surface area contributed by atoms with Crippen molar-refractivity contribution >= 4 is 23.7 Å². The molecule has 47 heavy (non-hydrogen) atoms. The molecular formula is C35H48O12. The lowest BCUT2D eigenvalue weighted by molar-refractivity contribution is -0.267. The SMILES string of the molecule is CC(=O)O[C@H]1CC2[C@H]([C@@H]3[C@@H](O)[C@@H]4[C@H]([C@H](C)C=C5OC(=O)[C@@](C)(O)[C@@]54C)[C@]31C)[C@@H](O)C(=O)[C@@]1(O)C[C@@H]3O[C@@H]3[C@H](OC(=O)CC(C)C)[C@]21C. The Hall–Kier alpha value is -2.38. The number of fused-ring (bicyclic) bond motifs is 10. The normalized spacial score (nSPS) is 55.4. The van der Waals surface area contributed by atoms with E-state index >= 15 is 0 Å². The summed E-state index contributed by atoms with van der Waals surface area (Å²) in [5, 5.41) is 48.7. The first-order chi connectivity index (χ1) is 21.7. The lowest BCUT2D eigenvalue weighted by Crippen LogP contribution is -2.77. The summed E-state index contributed by atoms with van der Waals surface area (Å²) >= 11 is 0. The van der Waals surface area contributed by atoms with Crippen molar-refractivity contribution in [2.75, 3.05) is 0 Å². The molecule has 17 atom stereocenters. The van der Waals surface area contributed by atoms with Crippen molar-refractivity contribution in [2.45, 2.75) is 122 Å². The zero-order valence-electron chi connectivity index (χ0n) is 28.3. The fourth-order valence-corrected chi connectivity index (χ4v) is 11.9. The lowest BCUT2D eigenvalue weighted by atomic mass is 9.40. The van der Waals surface area contributed by atoms with Gasteiger partial charge in [-0.2, -0.15) is 0 Å². The second kappa shape index (κ2) is 9.87. The monoisotopic (exact) mass is 660 g/mol. The molecule has 6 fully saturated rings. The second-order valence-corrected chi connectivity index (χ2v) is 16.8. The van der Waals surface area contributed by atoms with Crippen LogP contribution in [0.2, 0.25) is 0 Å². The first-order valence-corrected chi connectivity index (χ1v) is 17.0. The highest BCUT2D eigenvalue weighted by molar-refractivity contribution is 5.94. The van der Waals surface area contributed by atoms with E-state index in [9.17, 15) is 39.6 Å². The number of allylic oxidation sites excluding steroid dienone is 1. The number of epoxide rings is 1. The van der Waals surface area contributed by atoms with Crippen LogP contribution in [0.25, 0.3) is 0 Å². The van der Waals surface area contributed by atoms with Gasteiger partial charge in [-0.3, -0.25) is 14.4 Å². The van der Waals surface area contributed by atoms with Crippen LogP contribution in [0.15, 0.2) is 11.8 Å². The Labute approximate surface area is 274 Å². The Morgan fingerprint density at radius 3 is 2.32 bits per heavy atom. The molecule has 5 aliphatic carbocycles. The lowest BCUT2D eigenvalue weighted by Gasteiger charge is -2.65. The highest BCUT2D eigenvalue weighted by Crippen LogP contribution is 2.75. The van der Waals surface area contributed by atoms with Crippen LogP contribution >= 0.6 is 0 Å². The summed E-state index contributed by atoms with van der Waals surface area (Å²) in [6.45, 7) is 13.6. The molecule has 4 N–H and O–H groups in total. The predicted molar refractivity (Wildman–Crippen MR) is 160 cm³/mol. The van der Waals surface area contributed by atoms with Gasteiger partial charge in [0.05, 0.1) is 17.6 Å². The van der Waals surface area contributed by atoms with E-state index in [2.05, 4.69) is 0 Å². The number of ether oxygens (including phenoxy) is 4. The number of hydrogen-bond donors (Lipinski definition) is 4. The number of aliphatic hydroxyl groups excluding tert-OH is 2. The fraction of sp³-hybridized carbons (Fsp3) is 0.829. The van der Waals surface area contributed by atoms with Gasteiger partial charge in [-0.05, 0) is 50.0 Å². The zero-order chi connectivity index (χ0) is 34.5. The van der Waals surface area contributed by atoms with E-state index in [4.69, 9.17) is 18.9 Å². The van der Waals surface area contributed by atoms with Gasteiger partial charge >= 0.3 is 17.9 Å². The summed E-state index contributed by atoms with van der Waals surface area (Å²) in [5.41, 5.74) is -8.06. The van der Waals surface area contributed by atoms with E-state index < -0.39 is 117 Å². The Morgan fingerprint density at radius 1 is 1.04 bits per heavy atom. The van der Waals surface area contributed by atoms with Gasteiger partial charge in [-0.25, -0.2) is 4.79 Å². The van der Waals surface area contributed by atoms with Crippen LogP contribution in [-0.2, 0) is 38.1 Å². The maximum atomic E-state index is 14.4. The van der Waals surface area contributed by atoms with Gasteiger partial charge < -0.3 is 39.4 Å². The molecule has 0 aromatic carbocycles. The minimum Gasteiger partial charge on any atom is -0.462 e. The molecule has 0 aromatic rings. The van der Waals surface area contributed by atoms with Crippen molar-refractivity contribution in [2.24, 2.45) is 57.7 Å². The number of Topliss-reactive ketones (excluding diaryl/α,β-unsaturated/α-hetero) is 1. The Morgan fingerprint density at radius 2 is 1.70 bits per heavy atom. The molecule has 2 heterocycles. The highest BCUT2D eigenvalue weighted by atomic mass is 16.6. The summed E-state index contributed by atoms with van der Waals surface area (Å²) in [7, 11) is 0. The standard InChI is InChI=1S/C35H48O12/c1-13(2)9-20(37)47-29-27-17(45-27)12-35(43)28(40)25(38)21-16(32(29,35)6)11-18(44-15(4)36)31(5)22-14(3)10-19-33(7,24(22)26(39)23(21)31)34(8,42)30(41)46-19/h10,13-14,16-18,21-27,29,38-39,42-43H,9,11-12H2,1-8H3/t14-,16?,17+,18+,21-,22+,23-,24+,25-,26-,27+,29+,31-,32+,33+,34-,35+/m1/s1. The molecule has 2 aliphatic heterocycles. The molecule has 1 unspecified atom stereocenters. The third-order valence-electron chi connectivity index (χ3n) is 14.2. The third-order valence-corrected chi connectivity index (χ3v) is 14.2. The number of carbonyl (C=O) groups excluding carboxylic acids is 4. The number of hydrogen-bond acceptors (Lipinski definition) is 12. The summed E-state index contributed by atoms with van der Waals surface area (Å²) < 4.78 is 23.7. The van der Waals surface area contributed by atoms with Crippen molar-refractivity contribution in [3.05, 3.63) is 11.8 Å². The van der Waals surface area contributed by atoms with Crippen molar-refractivity contribution in [3.63, 3.8) is 0 Å². The van der Waals surface area contributed by atoms with Gasteiger partial charge in [-0.15, -0.1) is 0 Å². The molecule has 2 saturated heterocycles. The maximum absolute atomic E-state index is 14.4. The van der Waals surface area contributed by atoms with Gasteiger partial charge in [-0.1, -0.05) is 34.6 Å². The van der Waals surface area contributed by atoms with Gasteiger partial charge in [0.25, 0.3) is 0 Å². The number of esters is 3. The van der Waals surface area contributed by atoms with Crippen molar-refractivity contribution in [1.29, 1.82) is 0 Å². The van der Waals surface area contributed by atoms with Crippen LogP contribution in [0.3, 0.4) is 0 Å². The molecule has 4 saturated carbocycles. The number of aliphatic hydroxyl groups is 4. The van der Waals surface area contributed by atoms with Gasteiger partial charge in [0.1, 0.15) is 35.8 Å². The zero-order valence-corrected chi connectivity index (χ0v) is 28.3. The van der Waals surface area contributed by atoms with Gasteiger partial charge in [0, 0.05) is 48.3 Å². The van der Waals surface area contributed by atoms with Gasteiger partial charge in [0.2, 0.25) is 0 Å². The minimum atomic E-state index is -2.14. The van der Waals surface area contributed by atoms with E-state index in [0.717, 1.165) is 0 Å². The van der Waals surface area contributed by atoms with E-state index in [0.29, 0.717) is 0 Å². The summed E-state index contributed by atoms with van der Waals surface area (Å²) in [6.07, 6.45) is -4.14. The first-order valence-electron chi connectivity index (χ1n) is 17.0. The minimum absolute atomic E-state index is 0.0116. The molecule has 260 valence electrons. The largest absolute Gasteiger partial charge is 0.462 e. The summed E-state index contributed by atoms with van der Waals surface area (Å²) in [4.78, 5) is 53.4. The highest BCUT2D eigenvalue weighted by Gasteiger charge is 2.83. The van der Waals surface area contributed by atoms with E-state index in [1.807, 2.05) is 27.7 Å². The molecule has 7 rings (SSSR count). The topological polar surface area (TPSA) is 189 Å². The number of ketones is 1. The van der Waals surface area contributed by atoms with Crippen molar-refractivity contribution < 1.29 is 58.6 Å². The van der Waals surface area contributed by atoms with Crippen LogP contribution < -0.4 is 0 Å². The molecule has 12 heteroatoms. The molecule has 0 spiro atoms. The van der Waals surface area contributed by atoms with Crippen LogP contribution in [0.5, 0.6) is 0 Å². The Kier molecular flexibility index (Phi) is 6.95. The molecule has 12 nitrogen and oxygen atoms in total. The van der Waals surface area contributed by atoms with E-state index in [1.54, 1.807) is 19.9 Å². The smallest absolute Gasteiger partial charge is 0.343 e. The van der Waals surface area contributed by atoms with E-state index in [-0.39, 0.29) is 36.9 Å². The van der Waals surface area contributed by atoms with Crippen LogP contribution in [0.1, 0.15) is 74.7 Å². The molecular weight excluding hydrogens is 612 g/mol.